The first-order valence-electron chi connectivity index (χ1n) is 8.68. The summed E-state index contributed by atoms with van der Waals surface area (Å²) in [5, 5.41) is 5.64. The molecule has 24 heavy (non-hydrogen) atoms. The second-order valence-electron chi connectivity index (χ2n) is 6.30. The number of hydrazine groups is 1. The topological polar surface area (TPSA) is 24.1 Å². The monoisotopic (exact) mass is 314 g/mol. The van der Waals surface area contributed by atoms with Crippen molar-refractivity contribution in [2.75, 3.05) is 0 Å². The number of rotatable bonds is 0. The molecule has 0 spiro atoms. The lowest BCUT2D eigenvalue weighted by Crippen LogP contribution is -2.21. The Morgan fingerprint density at radius 3 is 2.17 bits per heavy atom. The summed E-state index contributed by atoms with van der Waals surface area (Å²) in [4.78, 5) is 0. The second kappa shape index (κ2) is 6.79. The molecular weight excluding hydrogens is 292 g/mol. The Kier molecular flexibility index (Phi) is 4.20. The third-order valence-corrected chi connectivity index (χ3v) is 4.81. The van der Waals surface area contributed by atoms with Gasteiger partial charge in [0.2, 0.25) is 0 Å². The van der Waals surface area contributed by atoms with Crippen molar-refractivity contribution < 1.29 is 0 Å². The number of fused-ring (bicyclic) bond motifs is 5. The first kappa shape index (κ1) is 14.8. The van der Waals surface area contributed by atoms with Gasteiger partial charge in [-0.15, -0.1) is 0 Å². The van der Waals surface area contributed by atoms with E-state index in [0.717, 1.165) is 0 Å². The first-order chi connectivity index (χ1) is 11.9. The van der Waals surface area contributed by atoms with E-state index in [-0.39, 0.29) is 0 Å². The van der Waals surface area contributed by atoms with Gasteiger partial charge in [-0.3, -0.25) is 0 Å². The summed E-state index contributed by atoms with van der Waals surface area (Å²) in [6, 6.07) is 18.0. The average Bonchev–Trinajstić information content (AvgIpc) is 2.69. The minimum Gasteiger partial charge on any atom is -0.309 e. The zero-order chi connectivity index (χ0) is 16.2. The van der Waals surface area contributed by atoms with Crippen LogP contribution in [0.15, 0.2) is 73.1 Å². The molecule has 2 N–H and O–H groups in total. The van der Waals surface area contributed by atoms with Crippen LogP contribution in [0.2, 0.25) is 0 Å². The standard InChI is InChI=1S/C18H16.C4H6N2/c1-3-7-15-13(5-1)9-11-18-16-8-4-2-6-14(16)10-12-17(15)18;1-2-4-6-5-3-1/h1,3,5,7,9-12H,2,4,6,8H2;1-6H. The van der Waals surface area contributed by atoms with E-state index in [0.29, 0.717) is 0 Å². The minimum atomic E-state index is 1.25. The van der Waals surface area contributed by atoms with Crippen LogP contribution in [0.4, 0.5) is 0 Å². The fourth-order valence-corrected chi connectivity index (χ4v) is 3.65. The highest BCUT2D eigenvalue weighted by molar-refractivity contribution is 6.08. The van der Waals surface area contributed by atoms with E-state index in [9.17, 15) is 0 Å². The molecule has 0 bridgehead atoms. The largest absolute Gasteiger partial charge is 0.309 e. The summed E-state index contributed by atoms with van der Waals surface area (Å²) in [6.45, 7) is 0. The number of hydrogen-bond acceptors (Lipinski definition) is 2. The van der Waals surface area contributed by atoms with E-state index in [1.807, 2.05) is 24.6 Å². The van der Waals surface area contributed by atoms with Crippen LogP contribution >= 0.6 is 0 Å². The quantitative estimate of drug-likeness (QED) is 0.571. The summed E-state index contributed by atoms with van der Waals surface area (Å²) < 4.78 is 0. The maximum atomic E-state index is 2.77. The summed E-state index contributed by atoms with van der Waals surface area (Å²) in [7, 11) is 0. The van der Waals surface area contributed by atoms with Gasteiger partial charge in [-0.05, 0) is 70.5 Å². The highest BCUT2D eigenvalue weighted by Crippen LogP contribution is 2.33. The number of allylic oxidation sites excluding steroid dienone is 2. The van der Waals surface area contributed by atoms with E-state index in [4.69, 9.17) is 0 Å². The summed E-state index contributed by atoms with van der Waals surface area (Å²) in [5.74, 6) is 0. The minimum absolute atomic E-state index is 1.25. The molecule has 2 aliphatic rings. The maximum absolute atomic E-state index is 2.77. The fraction of sp³-hybridized carbons (Fsp3) is 0.182. The molecule has 0 saturated heterocycles. The molecule has 1 heterocycles. The van der Waals surface area contributed by atoms with Crippen LogP contribution in [0.25, 0.3) is 21.5 Å². The average molecular weight is 314 g/mol. The molecule has 0 radical (unpaired) electrons. The molecule has 5 rings (SSSR count). The number of hydrogen-bond donors (Lipinski definition) is 2. The van der Waals surface area contributed by atoms with E-state index in [2.05, 4.69) is 59.4 Å². The molecule has 120 valence electrons. The highest BCUT2D eigenvalue weighted by atomic mass is 15.3. The molecule has 0 amide bonds. The highest BCUT2D eigenvalue weighted by Gasteiger charge is 2.13. The van der Waals surface area contributed by atoms with Crippen LogP contribution in [0.5, 0.6) is 0 Å². The Bertz CT molecular complexity index is 910. The Hall–Kier alpha value is -2.74. The van der Waals surface area contributed by atoms with Gasteiger partial charge in [0.15, 0.2) is 0 Å². The molecule has 0 unspecified atom stereocenters. The lowest BCUT2D eigenvalue weighted by Gasteiger charge is -2.18. The van der Waals surface area contributed by atoms with Crippen molar-refractivity contribution in [3.63, 3.8) is 0 Å². The Balaban J connectivity index is 0.000000207. The molecule has 2 nitrogen and oxygen atoms in total. The predicted molar refractivity (Wildman–Crippen MR) is 103 cm³/mol. The molecule has 0 fully saturated rings. The smallest absolute Gasteiger partial charge is 0.0178 e. The van der Waals surface area contributed by atoms with E-state index in [1.165, 1.54) is 47.2 Å². The zero-order valence-corrected chi connectivity index (χ0v) is 13.8. The van der Waals surface area contributed by atoms with E-state index >= 15 is 0 Å². The van der Waals surface area contributed by atoms with Crippen LogP contribution < -0.4 is 10.9 Å². The van der Waals surface area contributed by atoms with Crippen LogP contribution in [0.3, 0.4) is 0 Å². The molecule has 3 aromatic carbocycles. The lowest BCUT2D eigenvalue weighted by molar-refractivity contribution is 0.690. The van der Waals surface area contributed by atoms with Crippen molar-refractivity contribution in [2.45, 2.75) is 25.7 Å². The number of aryl methyl sites for hydroxylation is 2. The molecule has 1 aliphatic carbocycles. The Labute approximate surface area is 142 Å². The van der Waals surface area contributed by atoms with Gasteiger partial charge >= 0.3 is 0 Å². The van der Waals surface area contributed by atoms with Crippen molar-refractivity contribution in [3.05, 3.63) is 84.2 Å². The van der Waals surface area contributed by atoms with Crippen molar-refractivity contribution in [1.29, 1.82) is 0 Å². The predicted octanol–water partition coefficient (Wildman–Crippen LogP) is 4.99. The van der Waals surface area contributed by atoms with Crippen molar-refractivity contribution in [3.8, 4) is 0 Å². The molecular formula is C22H22N2. The van der Waals surface area contributed by atoms with Crippen LogP contribution in [-0.2, 0) is 12.8 Å². The molecule has 0 saturated carbocycles. The van der Waals surface area contributed by atoms with Crippen LogP contribution in [-0.4, -0.2) is 0 Å². The zero-order valence-electron chi connectivity index (χ0n) is 13.8. The SMILES string of the molecule is C1=CNNC=C1.c1ccc2c(c1)ccc1c3c(ccc12)CCCC3. The van der Waals surface area contributed by atoms with Gasteiger partial charge in [-0.2, -0.15) is 0 Å². The van der Waals surface area contributed by atoms with Gasteiger partial charge in [-0.1, -0.05) is 48.5 Å². The molecule has 2 heteroatoms. The molecule has 0 aromatic heterocycles. The number of benzene rings is 3. The fourth-order valence-electron chi connectivity index (χ4n) is 3.65. The number of nitrogens with one attached hydrogen (secondary N) is 2. The summed E-state index contributed by atoms with van der Waals surface area (Å²) >= 11 is 0. The van der Waals surface area contributed by atoms with Gasteiger partial charge in [-0.25, -0.2) is 0 Å². The van der Waals surface area contributed by atoms with Crippen LogP contribution in [0.1, 0.15) is 24.0 Å². The van der Waals surface area contributed by atoms with Crippen molar-refractivity contribution in [2.24, 2.45) is 0 Å². The lowest BCUT2D eigenvalue weighted by atomic mass is 9.86. The van der Waals surface area contributed by atoms with Crippen LogP contribution in [0, 0.1) is 0 Å². The van der Waals surface area contributed by atoms with Gasteiger partial charge in [0.05, 0.1) is 0 Å². The third kappa shape index (κ3) is 2.88. The van der Waals surface area contributed by atoms with E-state index in [1.54, 1.807) is 11.1 Å². The molecule has 3 aromatic rings. The van der Waals surface area contributed by atoms with Gasteiger partial charge in [0.1, 0.15) is 0 Å². The van der Waals surface area contributed by atoms with Crippen molar-refractivity contribution in [1.82, 2.24) is 10.9 Å². The second-order valence-corrected chi connectivity index (χ2v) is 6.30. The van der Waals surface area contributed by atoms with Gasteiger partial charge in [0, 0.05) is 12.4 Å². The molecule has 1 aliphatic heterocycles. The van der Waals surface area contributed by atoms with Gasteiger partial charge < -0.3 is 10.9 Å². The maximum Gasteiger partial charge on any atom is 0.0178 e. The summed E-state index contributed by atoms with van der Waals surface area (Å²) in [5.41, 5.74) is 8.71. The van der Waals surface area contributed by atoms with Crippen molar-refractivity contribution >= 4 is 21.5 Å². The normalized spacial score (nSPS) is 15.2. The molecule has 0 atom stereocenters. The summed E-state index contributed by atoms with van der Waals surface area (Å²) in [6.07, 6.45) is 12.7. The van der Waals surface area contributed by atoms with Gasteiger partial charge in [0.25, 0.3) is 0 Å². The third-order valence-electron chi connectivity index (χ3n) is 4.81. The first-order valence-corrected chi connectivity index (χ1v) is 8.68. The van der Waals surface area contributed by atoms with E-state index < -0.39 is 0 Å². The Morgan fingerprint density at radius 2 is 1.38 bits per heavy atom. The Morgan fingerprint density at radius 1 is 0.625 bits per heavy atom.